The summed E-state index contributed by atoms with van der Waals surface area (Å²) in [7, 11) is 0. The predicted octanol–water partition coefficient (Wildman–Crippen LogP) is 1.20. The maximum absolute atomic E-state index is 12.3. The smallest absolute Gasteiger partial charge is 0.294 e. The largest absolute Gasteiger partial charge is 0.401 e. The first-order valence-corrected chi connectivity index (χ1v) is 3.68. The van der Waals surface area contributed by atoms with Gasteiger partial charge in [0, 0.05) is 0 Å². The zero-order chi connectivity index (χ0) is 10.9. The maximum atomic E-state index is 12.3. The number of nitrogens with one attached hydrogen (secondary N) is 1. The van der Waals surface area contributed by atoms with Crippen molar-refractivity contribution in [2.24, 2.45) is 17.2 Å². The first kappa shape index (κ1) is 12.2. The lowest BCUT2D eigenvalue weighted by Crippen LogP contribution is -2.48. The third kappa shape index (κ3) is 3.22. The van der Waals surface area contributed by atoms with E-state index in [1.54, 1.807) is 0 Å². The Kier molecular flexibility index (Phi) is 3.32. The van der Waals surface area contributed by atoms with Gasteiger partial charge < -0.3 is 0 Å². The SMILES string of the molecule is CC(C)(C)C(C(=O)NN)C(F)(F)F. The summed E-state index contributed by atoms with van der Waals surface area (Å²) in [6.45, 7) is 4.00. The summed E-state index contributed by atoms with van der Waals surface area (Å²) in [5, 5.41) is 0. The highest BCUT2D eigenvalue weighted by Crippen LogP contribution is 2.39. The molecule has 0 aromatic carbocycles. The molecule has 3 nitrogen and oxygen atoms in total. The van der Waals surface area contributed by atoms with Gasteiger partial charge in [0.1, 0.15) is 5.92 Å². The van der Waals surface area contributed by atoms with Crippen LogP contribution in [0.2, 0.25) is 0 Å². The molecule has 6 heteroatoms. The lowest BCUT2D eigenvalue weighted by atomic mass is 9.80. The molecule has 13 heavy (non-hydrogen) atoms. The Balaban J connectivity index is 4.89. The van der Waals surface area contributed by atoms with Crippen LogP contribution in [0.1, 0.15) is 20.8 Å². The van der Waals surface area contributed by atoms with E-state index >= 15 is 0 Å². The van der Waals surface area contributed by atoms with Crippen molar-refractivity contribution in [3.63, 3.8) is 0 Å². The van der Waals surface area contributed by atoms with Crippen molar-refractivity contribution >= 4 is 5.91 Å². The average molecular weight is 198 g/mol. The number of hydrogen-bond donors (Lipinski definition) is 2. The van der Waals surface area contributed by atoms with Crippen LogP contribution in [-0.2, 0) is 4.79 Å². The summed E-state index contributed by atoms with van der Waals surface area (Å²) in [6, 6.07) is 0. The number of halogens is 3. The van der Waals surface area contributed by atoms with Gasteiger partial charge >= 0.3 is 6.18 Å². The summed E-state index contributed by atoms with van der Waals surface area (Å²) < 4.78 is 37.0. The van der Waals surface area contributed by atoms with Gasteiger partial charge in [-0.3, -0.25) is 10.2 Å². The minimum Gasteiger partial charge on any atom is -0.294 e. The van der Waals surface area contributed by atoms with Crippen LogP contribution in [0.4, 0.5) is 13.2 Å². The van der Waals surface area contributed by atoms with E-state index in [1.807, 2.05) is 0 Å². The van der Waals surface area contributed by atoms with Crippen LogP contribution in [0.15, 0.2) is 0 Å². The minimum atomic E-state index is -4.57. The molecule has 0 fully saturated rings. The van der Waals surface area contributed by atoms with Crippen LogP contribution in [0.5, 0.6) is 0 Å². The van der Waals surface area contributed by atoms with Gasteiger partial charge in [-0.1, -0.05) is 20.8 Å². The van der Waals surface area contributed by atoms with Crippen molar-refractivity contribution in [2.75, 3.05) is 0 Å². The van der Waals surface area contributed by atoms with Gasteiger partial charge in [-0.05, 0) is 5.41 Å². The van der Waals surface area contributed by atoms with Crippen LogP contribution in [-0.4, -0.2) is 12.1 Å². The summed E-state index contributed by atoms with van der Waals surface area (Å²) in [5.41, 5.74) is 0.326. The number of alkyl halides is 3. The van der Waals surface area contributed by atoms with Crippen LogP contribution in [0.25, 0.3) is 0 Å². The highest BCUT2D eigenvalue weighted by atomic mass is 19.4. The zero-order valence-electron chi connectivity index (χ0n) is 7.70. The molecular weight excluding hydrogens is 185 g/mol. The van der Waals surface area contributed by atoms with E-state index in [1.165, 1.54) is 26.2 Å². The molecule has 0 rings (SSSR count). The summed E-state index contributed by atoms with van der Waals surface area (Å²) >= 11 is 0. The molecule has 1 unspecified atom stereocenters. The Hall–Kier alpha value is -0.780. The predicted molar refractivity (Wildman–Crippen MR) is 41.3 cm³/mol. The number of nitrogens with two attached hydrogens (primary N) is 1. The Bertz CT molecular complexity index is 181. The number of amides is 1. The molecule has 0 aromatic heterocycles. The van der Waals surface area contributed by atoms with Crippen molar-refractivity contribution in [1.29, 1.82) is 0 Å². The Morgan fingerprint density at radius 1 is 1.31 bits per heavy atom. The van der Waals surface area contributed by atoms with Gasteiger partial charge in [0.05, 0.1) is 0 Å². The highest BCUT2D eigenvalue weighted by Gasteiger charge is 2.51. The quantitative estimate of drug-likeness (QED) is 0.378. The Morgan fingerprint density at radius 2 is 1.69 bits per heavy atom. The van der Waals surface area contributed by atoms with Crippen molar-refractivity contribution < 1.29 is 18.0 Å². The van der Waals surface area contributed by atoms with Crippen molar-refractivity contribution in [3.8, 4) is 0 Å². The fourth-order valence-electron chi connectivity index (χ4n) is 1.12. The molecule has 0 aliphatic rings. The molecule has 0 aliphatic carbocycles. The number of carbonyl (C=O) groups is 1. The van der Waals surface area contributed by atoms with E-state index in [0.29, 0.717) is 0 Å². The second-order valence-electron chi connectivity index (χ2n) is 3.85. The molecule has 0 spiro atoms. The molecule has 0 heterocycles. The second-order valence-corrected chi connectivity index (χ2v) is 3.85. The lowest BCUT2D eigenvalue weighted by Gasteiger charge is -2.30. The first-order chi connectivity index (χ1) is 5.60. The maximum Gasteiger partial charge on any atom is 0.401 e. The Morgan fingerprint density at radius 3 is 1.77 bits per heavy atom. The molecular formula is C7H13F3N2O. The van der Waals surface area contributed by atoms with Crippen LogP contribution in [0.3, 0.4) is 0 Å². The molecule has 1 amide bonds. The third-order valence-electron chi connectivity index (χ3n) is 1.60. The molecule has 0 saturated carbocycles. The molecule has 3 N–H and O–H groups in total. The van der Waals surface area contributed by atoms with Crippen LogP contribution >= 0.6 is 0 Å². The first-order valence-electron chi connectivity index (χ1n) is 3.68. The third-order valence-corrected chi connectivity index (χ3v) is 1.60. The molecule has 78 valence electrons. The highest BCUT2D eigenvalue weighted by molar-refractivity contribution is 5.79. The van der Waals surface area contributed by atoms with Gasteiger partial charge in [0.2, 0.25) is 5.91 Å². The molecule has 0 radical (unpaired) electrons. The topological polar surface area (TPSA) is 55.1 Å². The summed E-state index contributed by atoms with van der Waals surface area (Å²) in [6.07, 6.45) is -4.57. The van der Waals surface area contributed by atoms with Gasteiger partial charge in [0.25, 0.3) is 0 Å². The van der Waals surface area contributed by atoms with Crippen molar-refractivity contribution in [1.82, 2.24) is 5.43 Å². The lowest BCUT2D eigenvalue weighted by molar-refractivity contribution is -0.202. The van der Waals surface area contributed by atoms with Gasteiger partial charge in [-0.2, -0.15) is 13.2 Å². The van der Waals surface area contributed by atoms with E-state index in [-0.39, 0.29) is 0 Å². The number of rotatable bonds is 1. The molecule has 0 aromatic rings. The number of hydrazine groups is 1. The normalized spacial score (nSPS) is 15.3. The van der Waals surface area contributed by atoms with E-state index in [4.69, 9.17) is 0 Å². The summed E-state index contributed by atoms with van der Waals surface area (Å²) in [5.74, 6) is 1.38. The zero-order valence-corrected chi connectivity index (χ0v) is 7.70. The fourth-order valence-corrected chi connectivity index (χ4v) is 1.12. The van der Waals surface area contributed by atoms with E-state index in [0.717, 1.165) is 0 Å². The minimum absolute atomic E-state index is 1.19. The monoisotopic (exact) mass is 198 g/mol. The molecule has 0 aliphatic heterocycles. The molecule has 0 bridgehead atoms. The fraction of sp³-hybridized carbons (Fsp3) is 0.857. The van der Waals surface area contributed by atoms with Crippen LogP contribution in [0, 0.1) is 11.3 Å². The number of hydrogen-bond acceptors (Lipinski definition) is 2. The summed E-state index contributed by atoms with van der Waals surface area (Å²) in [4.78, 5) is 10.8. The molecule has 1 atom stereocenters. The van der Waals surface area contributed by atoms with Gasteiger partial charge in [0.15, 0.2) is 0 Å². The van der Waals surface area contributed by atoms with Crippen molar-refractivity contribution in [2.45, 2.75) is 26.9 Å². The molecule has 0 saturated heterocycles. The van der Waals surface area contributed by atoms with E-state index in [9.17, 15) is 18.0 Å². The van der Waals surface area contributed by atoms with E-state index < -0.39 is 23.4 Å². The van der Waals surface area contributed by atoms with Gasteiger partial charge in [-0.15, -0.1) is 0 Å². The second kappa shape index (κ2) is 3.53. The average Bonchev–Trinajstić information content (AvgIpc) is 1.80. The van der Waals surface area contributed by atoms with Gasteiger partial charge in [-0.25, -0.2) is 5.84 Å². The van der Waals surface area contributed by atoms with Crippen LogP contribution < -0.4 is 11.3 Å². The standard InChI is InChI=1S/C7H13F3N2O/c1-6(2,3)4(5(13)12-11)7(8,9)10/h4H,11H2,1-3H3,(H,12,13). The number of carbonyl (C=O) groups excluding carboxylic acids is 1. The van der Waals surface area contributed by atoms with E-state index in [2.05, 4.69) is 5.84 Å². The Labute approximate surface area is 74.4 Å². The van der Waals surface area contributed by atoms with Crippen molar-refractivity contribution in [3.05, 3.63) is 0 Å².